The minimum atomic E-state index is -0.415. The Bertz CT molecular complexity index is 1050. The van der Waals surface area contributed by atoms with Crippen LogP contribution in [0.1, 0.15) is 38.2 Å². The van der Waals surface area contributed by atoms with Crippen molar-refractivity contribution in [3.63, 3.8) is 0 Å². The number of hydrogen-bond acceptors (Lipinski definition) is 6. The molecule has 7 heteroatoms. The molecule has 2 aromatic heterocycles. The highest BCUT2D eigenvalue weighted by Gasteiger charge is 2.45. The van der Waals surface area contributed by atoms with Gasteiger partial charge in [-0.15, -0.1) is 0 Å². The van der Waals surface area contributed by atoms with Gasteiger partial charge in [0.25, 0.3) is 0 Å². The molecule has 28 heavy (non-hydrogen) atoms. The molecule has 2 aromatic rings. The van der Waals surface area contributed by atoms with E-state index in [1.807, 2.05) is 29.0 Å². The lowest BCUT2D eigenvalue weighted by molar-refractivity contribution is -0.118. The molecule has 4 rings (SSSR count). The zero-order valence-electron chi connectivity index (χ0n) is 15.6. The predicted molar refractivity (Wildman–Crippen MR) is 113 cm³/mol. The maximum atomic E-state index is 13.3. The van der Waals surface area contributed by atoms with Crippen molar-refractivity contribution in [2.24, 2.45) is 11.1 Å². The molecule has 0 aromatic carbocycles. The van der Waals surface area contributed by atoms with Crippen LogP contribution in [0.15, 0.2) is 62.3 Å². The second-order valence-electron chi connectivity index (χ2n) is 7.87. The summed E-state index contributed by atoms with van der Waals surface area (Å²) in [4.78, 5) is 19.5. The Morgan fingerprint density at radius 2 is 2.14 bits per heavy atom. The molecule has 0 saturated carbocycles. The quantitative estimate of drug-likeness (QED) is 0.700. The molecule has 5 nitrogen and oxygen atoms in total. The van der Waals surface area contributed by atoms with Crippen molar-refractivity contribution in [3.8, 4) is 6.07 Å². The van der Waals surface area contributed by atoms with E-state index in [0.717, 1.165) is 15.7 Å². The SMILES string of the molecule is CC1(C)CC(=O)C2=C(C1)N(c1ccc(Br)cn1)C(N)=C(C#N)[C@@H]2c1ccsc1. The fraction of sp³-hybridized carbons (Fsp3) is 0.286. The molecule has 2 N–H and O–H groups in total. The molecule has 0 spiro atoms. The smallest absolute Gasteiger partial charge is 0.162 e. The van der Waals surface area contributed by atoms with E-state index in [2.05, 4.69) is 40.8 Å². The second-order valence-corrected chi connectivity index (χ2v) is 9.57. The molecule has 1 aliphatic heterocycles. The number of rotatable bonds is 2. The molecule has 0 saturated heterocycles. The Labute approximate surface area is 176 Å². The molecule has 1 aliphatic carbocycles. The summed E-state index contributed by atoms with van der Waals surface area (Å²) in [5, 5.41) is 13.9. The van der Waals surface area contributed by atoms with Crippen molar-refractivity contribution in [1.29, 1.82) is 5.26 Å². The van der Waals surface area contributed by atoms with Crippen LogP contribution in [0.5, 0.6) is 0 Å². The molecule has 2 aliphatic rings. The summed E-state index contributed by atoms with van der Waals surface area (Å²) in [5.74, 6) is 0.611. The second kappa shape index (κ2) is 6.87. The number of Topliss-reactive ketones (excluding diaryl/α,β-unsaturated/α-hetero) is 1. The lowest BCUT2D eigenvalue weighted by Crippen LogP contribution is -2.42. The van der Waals surface area contributed by atoms with Crippen molar-refractivity contribution in [3.05, 3.63) is 67.9 Å². The zero-order chi connectivity index (χ0) is 20.1. The largest absolute Gasteiger partial charge is 0.384 e. The zero-order valence-corrected chi connectivity index (χ0v) is 18.0. The maximum absolute atomic E-state index is 13.3. The molecule has 3 heterocycles. The van der Waals surface area contributed by atoms with E-state index in [1.54, 1.807) is 22.4 Å². The van der Waals surface area contributed by atoms with E-state index in [1.165, 1.54) is 0 Å². The van der Waals surface area contributed by atoms with Crippen LogP contribution >= 0.6 is 27.3 Å². The van der Waals surface area contributed by atoms with Gasteiger partial charge in [-0.2, -0.15) is 16.6 Å². The predicted octanol–water partition coefficient (Wildman–Crippen LogP) is 4.85. The first-order chi connectivity index (χ1) is 13.3. The standard InChI is InChI=1S/C21H19BrN4OS/c1-21(2)7-15-19(16(27)8-21)18(12-5-6-28-11-12)14(9-23)20(24)26(15)17-4-3-13(22)10-25-17/h3-6,10-11,18H,7-8,24H2,1-2H3/t18-/m0/s1. The van der Waals surface area contributed by atoms with Crippen molar-refractivity contribution in [2.45, 2.75) is 32.6 Å². The summed E-state index contributed by atoms with van der Waals surface area (Å²) in [6.45, 7) is 4.17. The van der Waals surface area contributed by atoms with E-state index >= 15 is 0 Å². The number of anilines is 1. The highest BCUT2D eigenvalue weighted by atomic mass is 79.9. The summed E-state index contributed by atoms with van der Waals surface area (Å²) < 4.78 is 0.849. The number of carbonyl (C=O) groups excluding carboxylic acids is 1. The number of hydrogen-bond donors (Lipinski definition) is 1. The van der Waals surface area contributed by atoms with Crippen LogP contribution < -0.4 is 10.6 Å². The Balaban J connectivity index is 1.99. The first-order valence-corrected chi connectivity index (χ1v) is 10.7. The average molecular weight is 455 g/mol. The summed E-state index contributed by atoms with van der Waals surface area (Å²) in [5.41, 5.74) is 9.20. The molecule has 0 radical (unpaired) electrons. The fourth-order valence-electron chi connectivity index (χ4n) is 4.04. The number of ketones is 1. The fourth-order valence-corrected chi connectivity index (χ4v) is 4.96. The van der Waals surface area contributed by atoms with E-state index < -0.39 is 5.92 Å². The number of nitriles is 1. The van der Waals surface area contributed by atoms with Gasteiger partial charge in [0.2, 0.25) is 0 Å². The molecular formula is C21H19BrN4OS. The van der Waals surface area contributed by atoms with Gasteiger partial charge in [-0.1, -0.05) is 13.8 Å². The van der Waals surface area contributed by atoms with Crippen molar-refractivity contribution < 1.29 is 4.79 Å². The third-order valence-corrected chi connectivity index (χ3v) is 6.37. The van der Waals surface area contributed by atoms with Crippen LogP contribution in [-0.4, -0.2) is 10.8 Å². The van der Waals surface area contributed by atoms with Crippen LogP contribution in [0, 0.1) is 16.7 Å². The topological polar surface area (TPSA) is 83.0 Å². The Kier molecular flexibility index (Phi) is 4.64. The van der Waals surface area contributed by atoms with E-state index in [0.29, 0.717) is 35.6 Å². The van der Waals surface area contributed by atoms with Gasteiger partial charge in [0.15, 0.2) is 5.78 Å². The molecule has 0 amide bonds. The van der Waals surface area contributed by atoms with Gasteiger partial charge in [0.05, 0.1) is 17.6 Å². The lowest BCUT2D eigenvalue weighted by atomic mass is 9.69. The number of nitrogens with zero attached hydrogens (tertiary/aromatic N) is 3. The lowest BCUT2D eigenvalue weighted by Gasteiger charge is -2.43. The van der Waals surface area contributed by atoms with Gasteiger partial charge in [-0.3, -0.25) is 9.69 Å². The Hall–Kier alpha value is -2.43. The molecule has 142 valence electrons. The molecule has 0 fully saturated rings. The van der Waals surface area contributed by atoms with E-state index in [9.17, 15) is 10.1 Å². The van der Waals surface area contributed by atoms with Gasteiger partial charge in [-0.25, -0.2) is 4.98 Å². The molecule has 0 unspecified atom stereocenters. The Morgan fingerprint density at radius 1 is 1.36 bits per heavy atom. The minimum absolute atomic E-state index is 0.0739. The van der Waals surface area contributed by atoms with Crippen LogP contribution in [-0.2, 0) is 4.79 Å². The number of thiophene rings is 1. The summed E-state index contributed by atoms with van der Waals surface area (Å²) >= 11 is 4.95. The molecule has 1 atom stereocenters. The first-order valence-electron chi connectivity index (χ1n) is 8.92. The van der Waals surface area contributed by atoms with Gasteiger partial charge in [0, 0.05) is 28.4 Å². The Morgan fingerprint density at radius 3 is 2.75 bits per heavy atom. The van der Waals surface area contributed by atoms with Crippen molar-refractivity contribution >= 4 is 38.9 Å². The van der Waals surface area contributed by atoms with Crippen LogP contribution in [0.25, 0.3) is 0 Å². The highest BCUT2D eigenvalue weighted by Crippen LogP contribution is 2.50. The number of aromatic nitrogens is 1. The minimum Gasteiger partial charge on any atom is -0.384 e. The third kappa shape index (κ3) is 3.07. The molecular weight excluding hydrogens is 436 g/mol. The van der Waals surface area contributed by atoms with Crippen molar-refractivity contribution in [1.82, 2.24) is 4.98 Å². The maximum Gasteiger partial charge on any atom is 0.162 e. The van der Waals surface area contributed by atoms with Gasteiger partial charge in [-0.05, 0) is 62.3 Å². The van der Waals surface area contributed by atoms with Gasteiger partial charge >= 0.3 is 0 Å². The number of pyridine rings is 1. The van der Waals surface area contributed by atoms with Crippen LogP contribution in [0.2, 0.25) is 0 Å². The van der Waals surface area contributed by atoms with Crippen LogP contribution in [0.3, 0.4) is 0 Å². The summed E-state index contributed by atoms with van der Waals surface area (Å²) in [7, 11) is 0. The number of nitrogens with two attached hydrogens (primary N) is 1. The third-order valence-electron chi connectivity index (χ3n) is 5.20. The van der Waals surface area contributed by atoms with E-state index in [4.69, 9.17) is 5.73 Å². The highest BCUT2D eigenvalue weighted by molar-refractivity contribution is 9.10. The van der Waals surface area contributed by atoms with Crippen LogP contribution in [0.4, 0.5) is 5.82 Å². The van der Waals surface area contributed by atoms with Gasteiger partial charge < -0.3 is 5.73 Å². The average Bonchev–Trinajstić information content (AvgIpc) is 3.15. The summed E-state index contributed by atoms with van der Waals surface area (Å²) in [6, 6.07) is 7.95. The number of halogens is 1. The first kappa shape index (κ1) is 18.9. The normalized spacial score (nSPS) is 21.6. The molecule has 0 bridgehead atoms. The van der Waals surface area contributed by atoms with E-state index in [-0.39, 0.29) is 11.2 Å². The monoisotopic (exact) mass is 454 g/mol. The number of carbonyl (C=O) groups is 1. The number of allylic oxidation sites excluding steroid dienone is 3. The summed E-state index contributed by atoms with van der Waals surface area (Å²) in [6.07, 6.45) is 2.83. The van der Waals surface area contributed by atoms with Crippen molar-refractivity contribution in [2.75, 3.05) is 4.90 Å². The van der Waals surface area contributed by atoms with Gasteiger partial charge in [0.1, 0.15) is 11.6 Å².